The van der Waals surface area contributed by atoms with Crippen LogP contribution in [-0.4, -0.2) is 11.6 Å². The summed E-state index contributed by atoms with van der Waals surface area (Å²) in [6, 6.07) is 8.29. The molecule has 1 aliphatic carbocycles. The number of rotatable bonds is 2. The van der Waals surface area contributed by atoms with Crippen LogP contribution in [0.5, 0.6) is 5.75 Å². The number of fused-ring (bicyclic) bond motifs is 1. The van der Waals surface area contributed by atoms with E-state index in [0.29, 0.717) is 6.10 Å². The van der Waals surface area contributed by atoms with Crippen molar-refractivity contribution < 1.29 is 4.74 Å². The molecular weight excluding hydrogens is 174 g/mol. The van der Waals surface area contributed by atoms with Crippen molar-refractivity contribution >= 4 is 0 Å². The van der Waals surface area contributed by atoms with Gasteiger partial charge < -0.3 is 10.5 Å². The predicted molar refractivity (Wildman–Crippen MR) is 55.3 cm³/mol. The third-order valence-corrected chi connectivity index (χ3v) is 3.24. The minimum Gasteiger partial charge on any atom is -0.490 e. The summed E-state index contributed by atoms with van der Waals surface area (Å²) in [6.07, 6.45) is 4.71. The van der Waals surface area contributed by atoms with Crippen LogP contribution in [0.3, 0.4) is 0 Å². The Morgan fingerprint density at radius 1 is 1.36 bits per heavy atom. The van der Waals surface area contributed by atoms with E-state index in [1.54, 1.807) is 0 Å². The maximum Gasteiger partial charge on any atom is 0.123 e. The number of para-hydroxylation sites is 1. The Morgan fingerprint density at radius 3 is 2.86 bits per heavy atom. The minimum atomic E-state index is 0.104. The van der Waals surface area contributed by atoms with E-state index in [9.17, 15) is 0 Å². The summed E-state index contributed by atoms with van der Waals surface area (Å²) in [5.41, 5.74) is 7.52. The van der Waals surface area contributed by atoms with E-state index >= 15 is 0 Å². The van der Waals surface area contributed by atoms with E-state index in [4.69, 9.17) is 10.5 Å². The van der Waals surface area contributed by atoms with E-state index in [1.807, 2.05) is 12.1 Å². The molecule has 0 radical (unpaired) electrons. The van der Waals surface area contributed by atoms with Gasteiger partial charge in [0.05, 0.1) is 0 Å². The van der Waals surface area contributed by atoms with Gasteiger partial charge in [-0.2, -0.15) is 0 Å². The van der Waals surface area contributed by atoms with E-state index in [1.165, 1.54) is 18.4 Å². The van der Waals surface area contributed by atoms with E-state index in [-0.39, 0.29) is 5.54 Å². The zero-order chi connectivity index (χ0) is 9.60. The summed E-state index contributed by atoms with van der Waals surface area (Å²) in [5.74, 6) is 1.06. The molecule has 1 atom stereocenters. The molecule has 1 saturated carbocycles. The monoisotopic (exact) mass is 189 g/mol. The lowest BCUT2D eigenvalue weighted by Crippen LogP contribution is -2.30. The minimum absolute atomic E-state index is 0.104. The smallest absolute Gasteiger partial charge is 0.123 e. The van der Waals surface area contributed by atoms with Gasteiger partial charge in [0, 0.05) is 18.4 Å². The summed E-state index contributed by atoms with van der Waals surface area (Å²) in [4.78, 5) is 0. The van der Waals surface area contributed by atoms with Gasteiger partial charge >= 0.3 is 0 Å². The van der Waals surface area contributed by atoms with Crippen molar-refractivity contribution in [2.24, 2.45) is 5.73 Å². The Kier molecular flexibility index (Phi) is 1.62. The van der Waals surface area contributed by atoms with Crippen LogP contribution in [0, 0.1) is 0 Å². The largest absolute Gasteiger partial charge is 0.490 e. The van der Waals surface area contributed by atoms with Crippen LogP contribution < -0.4 is 10.5 Å². The number of hydrogen-bond donors (Lipinski definition) is 1. The molecule has 0 spiro atoms. The molecule has 2 heteroatoms. The van der Waals surface area contributed by atoms with Crippen LogP contribution in [0.4, 0.5) is 0 Å². The number of ether oxygens (including phenoxy) is 1. The second-order valence-corrected chi connectivity index (χ2v) is 4.62. The molecule has 1 heterocycles. The van der Waals surface area contributed by atoms with E-state index in [0.717, 1.165) is 18.6 Å². The standard InChI is InChI=1S/C12H15NO/c13-12(5-6-12)8-10-7-9-3-1-2-4-11(9)14-10/h1-4,10H,5-8,13H2. The Balaban J connectivity index is 1.72. The van der Waals surface area contributed by atoms with Crippen molar-refractivity contribution in [3.63, 3.8) is 0 Å². The molecule has 1 unspecified atom stereocenters. The van der Waals surface area contributed by atoms with Crippen LogP contribution in [0.15, 0.2) is 24.3 Å². The van der Waals surface area contributed by atoms with Gasteiger partial charge in [0.2, 0.25) is 0 Å². The number of nitrogens with two attached hydrogens (primary N) is 1. The molecule has 0 bridgehead atoms. The van der Waals surface area contributed by atoms with Crippen molar-refractivity contribution in [1.82, 2.24) is 0 Å². The second-order valence-electron chi connectivity index (χ2n) is 4.62. The fourth-order valence-electron chi connectivity index (χ4n) is 2.19. The zero-order valence-corrected chi connectivity index (χ0v) is 8.20. The molecule has 0 aromatic heterocycles. The van der Waals surface area contributed by atoms with Crippen molar-refractivity contribution in [2.45, 2.75) is 37.3 Å². The number of benzene rings is 1. The lowest BCUT2D eigenvalue weighted by Gasteiger charge is -2.14. The van der Waals surface area contributed by atoms with Crippen LogP contribution in [0.25, 0.3) is 0 Å². The normalized spacial score (nSPS) is 26.8. The molecule has 2 N–H and O–H groups in total. The molecule has 0 saturated heterocycles. The molecule has 1 fully saturated rings. The molecule has 3 rings (SSSR count). The fraction of sp³-hybridized carbons (Fsp3) is 0.500. The van der Waals surface area contributed by atoms with Gasteiger partial charge in [-0.15, -0.1) is 0 Å². The average molecular weight is 189 g/mol. The van der Waals surface area contributed by atoms with E-state index in [2.05, 4.69) is 12.1 Å². The summed E-state index contributed by atoms with van der Waals surface area (Å²) >= 11 is 0. The predicted octanol–water partition coefficient (Wildman–Crippen LogP) is 1.87. The highest BCUT2D eigenvalue weighted by atomic mass is 16.5. The molecule has 2 aliphatic rings. The van der Waals surface area contributed by atoms with Crippen molar-refractivity contribution in [1.29, 1.82) is 0 Å². The van der Waals surface area contributed by atoms with Gasteiger partial charge in [-0.05, 0) is 24.5 Å². The molecule has 2 nitrogen and oxygen atoms in total. The summed E-state index contributed by atoms with van der Waals surface area (Å²) in [7, 11) is 0. The SMILES string of the molecule is NC1(CC2Cc3ccccc3O2)CC1. The Labute approximate surface area is 84.1 Å². The van der Waals surface area contributed by atoms with Crippen LogP contribution in [0.1, 0.15) is 24.8 Å². The first kappa shape index (κ1) is 8.30. The fourth-order valence-corrected chi connectivity index (χ4v) is 2.19. The Morgan fingerprint density at radius 2 is 2.14 bits per heavy atom. The van der Waals surface area contributed by atoms with Crippen molar-refractivity contribution in [2.75, 3.05) is 0 Å². The average Bonchev–Trinajstić information content (AvgIpc) is 2.77. The molecule has 1 aromatic rings. The third kappa shape index (κ3) is 1.40. The first-order chi connectivity index (χ1) is 6.75. The second kappa shape index (κ2) is 2.74. The van der Waals surface area contributed by atoms with Gasteiger partial charge in [-0.25, -0.2) is 0 Å². The molecule has 14 heavy (non-hydrogen) atoms. The first-order valence-electron chi connectivity index (χ1n) is 5.29. The summed E-state index contributed by atoms with van der Waals surface area (Å²) in [5, 5.41) is 0. The maximum absolute atomic E-state index is 6.08. The molecule has 1 aliphatic heterocycles. The van der Waals surface area contributed by atoms with Gasteiger partial charge in [-0.1, -0.05) is 18.2 Å². The molecule has 0 amide bonds. The molecule has 1 aromatic carbocycles. The van der Waals surface area contributed by atoms with Gasteiger partial charge in [0.25, 0.3) is 0 Å². The number of hydrogen-bond acceptors (Lipinski definition) is 2. The van der Waals surface area contributed by atoms with Gasteiger partial charge in [-0.3, -0.25) is 0 Å². The summed E-state index contributed by atoms with van der Waals surface area (Å²) < 4.78 is 5.84. The molecular formula is C12H15NO. The first-order valence-corrected chi connectivity index (χ1v) is 5.29. The Bertz CT molecular complexity index is 332. The molecule has 74 valence electrons. The topological polar surface area (TPSA) is 35.2 Å². The highest BCUT2D eigenvalue weighted by molar-refractivity contribution is 5.37. The highest BCUT2D eigenvalue weighted by Crippen LogP contribution is 2.40. The Hall–Kier alpha value is -1.02. The van der Waals surface area contributed by atoms with Crippen LogP contribution in [0.2, 0.25) is 0 Å². The quantitative estimate of drug-likeness (QED) is 0.770. The van der Waals surface area contributed by atoms with E-state index < -0.39 is 0 Å². The lowest BCUT2D eigenvalue weighted by atomic mass is 10.0. The van der Waals surface area contributed by atoms with Crippen LogP contribution >= 0.6 is 0 Å². The van der Waals surface area contributed by atoms with Crippen molar-refractivity contribution in [3.05, 3.63) is 29.8 Å². The van der Waals surface area contributed by atoms with Gasteiger partial charge in [0.15, 0.2) is 0 Å². The van der Waals surface area contributed by atoms with Crippen LogP contribution in [-0.2, 0) is 6.42 Å². The zero-order valence-electron chi connectivity index (χ0n) is 8.20. The lowest BCUT2D eigenvalue weighted by molar-refractivity contribution is 0.206. The highest BCUT2D eigenvalue weighted by Gasteiger charge is 2.42. The third-order valence-electron chi connectivity index (χ3n) is 3.24. The summed E-state index contributed by atoms with van der Waals surface area (Å²) in [6.45, 7) is 0. The van der Waals surface area contributed by atoms with Gasteiger partial charge in [0.1, 0.15) is 11.9 Å². The van der Waals surface area contributed by atoms with Crippen molar-refractivity contribution in [3.8, 4) is 5.75 Å². The maximum atomic E-state index is 6.08.